The van der Waals surface area contributed by atoms with E-state index < -0.39 is 0 Å². The highest BCUT2D eigenvalue weighted by molar-refractivity contribution is 5.91. The summed E-state index contributed by atoms with van der Waals surface area (Å²) in [5.41, 5.74) is 2.26. The average Bonchev–Trinajstić information content (AvgIpc) is 3.37. The molecule has 0 saturated carbocycles. The number of H-pyrrole nitrogens is 1. The molecule has 0 unspecified atom stereocenters. The van der Waals surface area contributed by atoms with Gasteiger partial charge in [0.05, 0.1) is 5.39 Å². The van der Waals surface area contributed by atoms with Crippen molar-refractivity contribution < 1.29 is 9.53 Å². The van der Waals surface area contributed by atoms with Gasteiger partial charge >= 0.3 is 0 Å². The molecule has 0 aromatic carbocycles. The first-order valence-electron chi connectivity index (χ1n) is 10.3. The molecule has 5 heterocycles. The van der Waals surface area contributed by atoms with E-state index in [2.05, 4.69) is 27.6 Å². The lowest BCUT2D eigenvalue weighted by Crippen LogP contribution is -2.47. The average molecular weight is 381 g/mol. The summed E-state index contributed by atoms with van der Waals surface area (Å²) in [6.45, 7) is 7.87. The third-order valence-electron chi connectivity index (χ3n) is 6.73. The first-order chi connectivity index (χ1) is 13.8. The summed E-state index contributed by atoms with van der Waals surface area (Å²) in [6.07, 6.45) is 9.39. The SMILES string of the molecule is C=CC(=O)N1CC[C@H]2[C@H](CCN2c2ncnc3[nH]cc(C4CCOCC4)c23)C1. The van der Waals surface area contributed by atoms with Crippen molar-refractivity contribution in [3.05, 3.63) is 30.7 Å². The molecule has 2 aromatic heterocycles. The second-order valence-electron chi connectivity index (χ2n) is 8.14. The summed E-state index contributed by atoms with van der Waals surface area (Å²) in [7, 11) is 0. The Bertz CT molecular complexity index is 888. The van der Waals surface area contributed by atoms with E-state index in [0.29, 0.717) is 17.9 Å². The highest BCUT2D eigenvalue weighted by Gasteiger charge is 2.40. The molecule has 1 amide bonds. The van der Waals surface area contributed by atoms with Crippen molar-refractivity contribution in [2.45, 2.75) is 37.6 Å². The lowest BCUT2D eigenvalue weighted by Gasteiger charge is -2.38. The number of hydrogen-bond acceptors (Lipinski definition) is 5. The van der Waals surface area contributed by atoms with Crippen LogP contribution in [0.2, 0.25) is 0 Å². The van der Waals surface area contributed by atoms with Crippen molar-refractivity contribution in [2.75, 3.05) is 37.7 Å². The summed E-state index contributed by atoms with van der Waals surface area (Å²) in [5, 5.41) is 1.18. The minimum atomic E-state index is 0.0498. The Morgan fingerprint density at radius 3 is 2.89 bits per heavy atom. The van der Waals surface area contributed by atoms with Crippen LogP contribution in [0, 0.1) is 5.92 Å². The Balaban J connectivity index is 1.46. The number of piperidine rings is 1. The minimum Gasteiger partial charge on any atom is -0.381 e. The van der Waals surface area contributed by atoms with E-state index in [1.807, 2.05) is 4.90 Å². The Morgan fingerprint density at radius 2 is 2.07 bits per heavy atom. The van der Waals surface area contributed by atoms with E-state index in [9.17, 15) is 4.79 Å². The number of hydrogen-bond donors (Lipinski definition) is 1. The maximum absolute atomic E-state index is 12.0. The van der Waals surface area contributed by atoms with Gasteiger partial charge in [-0.15, -0.1) is 0 Å². The summed E-state index contributed by atoms with van der Waals surface area (Å²) >= 11 is 0. The molecule has 3 aliphatic heterocycles. The molecular weight excluding hydrogens is 354 g/mol. The van der Waals surface area contributed by atoms with Gasteiger partial charge in [0.15, 0.2) is 0 Å². The Kier molecular flexibility index (Phi) is 4.55. The highest BCUT2D eigenvalue weighted by Crippen LogP contribution is 2.40. The smallest absolute Gasteiger partial charge is 0.245 e. The van der Waals surface area contributed by atoms with Crippen LogP contribution in [-0.2, 0) is 9.53 Å². The molecular formula is C21H27N5O2. The van der Waals surface area contributed by atoms with Gasteiger partial charge in [0.1, 0.15) is 17.8 Å². The number of aromatic amines is 1. The molecule has 148 valence electrons. The summed E-state index contributed by atoms with van der Waals surface area (Å²) < 4.78 is 5.56. The molecule has 5 rings (SSSR count). The second kappa shape index (κ2) is 7.20. The van der Waals surface area contributed by atoms with Crippen LogP contribution in [0.1, 0.15) is 37.2 Å². The van der Waals surface area contributed by atoms with E-state index in [4.69, 9.17) is 9.72 Å². The fourth-order valence-corrected chi connectivity index (χ4v) is 5.29. The number of carbonyl (C=O) groups is 1. The first kappa shape index (κ1) is 17.7. The third-order valence-corrected chi connectivity index (χ3v) is 6.73. The highest BCUT2D eigenvalue weighted by atomic mass is 16.5. The Labute approximate surface area is 164 Å². The van der Waals surface area contributed by atoms with Gasteiger partial charge in [0, 0.05) is 45.1 Å². The van der Waals surface area contributed by atoms with Crippen LogP contribution in [0.5, 0.6) is 0 Å². The number of rotatable bonds is 3. The molecule has 3 aliphatic rings. The maximum atomic E-state index is 12.0. The number of carbonyl (C=O) groups excluding carboxylic acids is 1. The predicted octanol–water partition coefficient (Wildman–Crippen LogP) is 2.47. The number of nitrogens with one attached hydrogen (secondary N) is 1. The van der Waals surface area contributed by atoms with Crippen molar-refractivity contribution in [3.8, 4) is 0 Å². The molecule has 7 heteroatoms. The molecule has 0 aliphatic carbocycles. The maximum Gasteiger partial charge on any atom is 0.245 e. The van der Waals surface area contributed by atoms with Gasteiger partial charge in [-0.25, -0.2) is 9.97 Å². The van der Waals surface area contributed by atoms with Gasteiger partial charge in [0.25, 0.3) is 0 Å². The van der Waals surface area contributed by atoms with E-state index in [1.165, 1.54) is 17.0 Å². The molecule has 2 atom stereocenters. The molecule has 3 fully saturated rings. The van der Waals surface area contributed by atoms with Gasteiger partial charge in [-0.1, -0.05) is 6.58 Å². The standard InChI is InChI=1S/C21H27N5O2/c1-2-18(27)25-7-4-17-15(12-25)3-8-26(17)21-19-16(14-5-9-28-10-6-14)11-22-20(19)23-13-24-21/h2,11,13-15,17H,1,3-10,12H2,(H,22,23,24)/t15-,17+/m1/s1. The number of anilines is 1. The van der Waals surface area contributed by atoms with Crippen molar-refractivity contribution in [1.82, 2.24) is 19.9 Å². The van der Waals surface area contributed by atoms with Gasteiger partial charge in [-0.2, -0.15) is 0 Å². The summed E-state index contributed by atoms with van der Waals surface area (Å²) in [5.74, 6) is 2.10. The van der Waals surface area contributed by atoms with E-state index in [1.54, 1.807) is 6.33 Å². The van der Waals surface area contributed by atoms with Gasteiger partial charge in [0.2, 0.25) is 5.91 Å². The second-order valence-corrected chi connectivity index (χ2v) is 8.14. The molecule has 0 bridgehead atoms. The van der Waals surface area contributed by atoms with E-state index in [-0.39, 0.29) is 5.91 Å². The van der Waals surface area contributed by atoms with Gasteiger partial charge in [-0.3, -0.25) is 4.79 Å². The van der Waals surface area contributed by atoms with Crippen LogP contribution in [0.15, 0.2) is 25.2 Å². The quantitative estimate of drug-likeness (QED) is 0.827. The number of amides is 1. The van der Waals surface area contributed by atoms with Crippen LogP contribution < -0.4 is 4.90 Å². The number of aromatic nitrogens is 3. The topological polar surface area (TPSA) is 74.4 Å². The minimum absolute atomic E-state index is 0.0498. The van der Waals surface area contributed by atoms with Crippen LogP contribution in [0.25, 0.3) is 11.0 Å². The zero-order chi connectivity index (χ0) is 19.1. The largest absolute Gasteiger partial charge is 0.381 e. The predicted molar refractivity (Wildman–Crippen MR) is 107 cm³/mol. The van der Waals surface area contributed by atoms with Crippen molar-refractivity contribution in [3.63, 3.8) is 0 Å². The number of ether oxygens (including phenoxy) is 1. The lowest BCUT2D eigenvalue weighted by molar-refractivity contribution is -0.127. The molecule has 3 saturated heterocycles. The van der Waals surface area contributed by atoms with E-state index in [0.717, 1.165) is 70.0 Å². The molecule has 1 N–H and O–H groups in total. The number of likely N-dealkylation sites (tertiary alicyclic amines) is 1. The molecule has 2 aromatic rings. The molecule has 28 heavy (non-hydrogen) atoms. The van der Waals surface area contributed by atoms with Crippen molar-refractivity contribution in [1.29, 1.82) is 0 Å². The fourth-order valence-electron chi connectivity index (χ4n) is 5.29. The van der Waals surface area contributed by atoms with Crippen LogP contribution in [0.4, 0.5) is 5.82 Å². The summed E-state index contributed by atoms with van der Waals surface area (Å²) in [6, 6.07) is 0.435. The lowest BCUT2D eigenvalue weighted by atomic mass is 9.91. The molecule has 0 spiro atoms. The summed E-state index contributed by atoms with van der Waals surface area (Å²) in [4.78, 5) is 29.0. The molecule has 7 nitrogen and oxygen atoms in total. The molecule has 0 radical (unpaired) electrons. The van der Waals surface area contributed by atoms with Crippen LogP contribution >= 0.6 is 0 Å². The van der Waals surface area contributed by atoms with Crippen LogP contribution in [-0.4, -0.2) is 64.6 Å². The third kappa shape index (κ3) is 2.89. The monoisotopic (exact) mass is 381 g/mol. The fraction of sp³-hybridized carbons (Fsp3) is 0.571. The number of nitrogens with zero attached hydrogens (tertiary/aromatic N) is 4. The zero-order valence-corrected chi connectivity index (χ0v) is 16.1. The van der Waals surface area contributed by atoms with Crippen LogP contribution in [0.3, 0.4) is 0 Å². The van der Waals surface area contributed by atoms with E-state index >= 15 is 0 Å². The van der Waals surface area contributed by atoms with Crippen molar-refractivity contribution in [2.24, 2.45) is 5.92 Å². The van der Waals surface area contributed by atoms with Crippen molar-refractivity contribution >= 4 is 22.8 Å². The first-order valence-corrected chi connectivity index (χ1v) is 10.3. The number of fused-ring (bicyclic) bond motifs is 2. The zero-order valence-electron chi connectivity index (χ0n) is 16.1. The Hall–Kier alpha value is -2.41. The van der Waals surface area contributed by atoms with Gasteiger partial charge in [-0.05, 0) is 49.2 Å². The Morgan fingerprint density at radius 1 is 1.21 bits per heavy atom. The van der Waals surface area contributed by atoms with Gasteiger partial charge < -0.3 is 19.5 Å². The normalized spacial score (nSPS) is 25.9.